The van der Waals surface area contributed by atoms with Crippen molar-refractivity contribution in [2.45, 2.75) is 58.0 Å². The van der Waals surface area contributed by atoms with Gasteiger partial charge in [0.15, 0.2) is 5.78 Å². The monoisotopic (exact) mass is 512 g/mol. The van der Waals surface area contributed by atoms with E-state index in [0.717, 1.165) is 42.7 Å². The zero-order valence-corrected chi connectivity index (χ0v) is 21.1. The molecule has 1 atom stereocenters. The second kappa shape index (κ2) is 10.1. The molecule has 3 aromatic carbocycles. The Morgan fingerprint density at radius 2 is 1.71 bits per heavy atom. The second-order valence-corrected chi connectivity index (χ2v) is 10.4. The van der Waals surface area contributed by atoms with Crippen LogP contribution in [-0.2, 0) is 42.3 Å². The van der Waals surface area contributed by atoms with Crippen LogP contribution in [0.25, 0.3) is 0 Å². The highest BCUT2D eigenvalue weighted by Crippen LogP contribution is 2.34. The van der Waals surface area contributed by atoms with E-state index in [2.05, 4.69) is 17.0 Å². The first-order chi connectivity index (χ1) is 18.4. The Labute approximate surface area is 221 Å². The van der Waals surface area contributed by atoms with Crippen molar-refractivity contribution in [2.24, 2.45) is 0 Å². The number of ether oxygens (including phenoxy) is 1. The second-order valence-electron chi connectivity index (χ2n) is 10.4. The average Bonchev–Trinajstić information content (AvgIpc) is 3.24. The Hall–Kier alpha value is -3.84. The minimum Gasteiger partial charge on any atom is -0.489 e. The molecule has 0 saturated heterocycles. The number of hydrogen-bond donors (Lipinski definition) is 0. The summed E-state index contributed by atoms with van der Waals surface area (Å²) in [5, 5.41) is 0. The Morgan fingerprint density at radius 1 is 0.895 bits per heavy atom. The van der Waals surface area contributed by atoms with Crippen LogP contribution >= 0.6 is 0 Å². The molecule has 0 spiro atoms. The smallest absolute Gasteiger partial charge is 0.255 e. The summed E-state index contributed by atoms with van der Waals surface area (Å²) in [5.41, 5.74) is 5.85. The van der Waals surface area contributed by atoms with E-state index >= 15 is 0 Å². The van der Waals surface area contributed by atoms with Gasteiger partial charge in [-0.1, -0.05) is 36.4 Å². The van der Waals surface area contributed by atoms with E-state index in [1.54, 1.807) is 23.1 Å². The van der Waals surface area contributed by atoms with E-state index in [1.807, 2.05) is 24.3 Å². The van der Waals surface area contributed by atoms with E-state index in [1.165, 1.54) is 17.2 Å². The Balaban J connectivity index is 1.08. The van der Waals surface area contributed by atoms with Crippen LogP contribution in [0.4, 0.5) is 4.39 Å². The maximum absolute atomic E-state index is 13.6. The molecule has 38 heavy (non-hydrogen) atoms. The summed E-state index contributed by atoms with van der Waals surface area (Å²) in [6.45, 7) is 3.16. The largest absolute Gasteiger partial charge is 0.489 e. The van der Waals surface area contributed by atoms with Gasteiger partial charge >= 0.3 is 0 Å². The molecule has 194 valence electrons. The molecular weight excluding hydrogens is 483 g/mol. The number of carbonyl (C=O) groups excluding carboxylic acids is 3. The van der Waals surface area contributed by atoms with Crippen LogP contribution in [0.5, 0.6) is 5.75 Å². The van der Waals surface area contributed by atoms with Gasteiger partial charge in [-0.3, -0.25) is 19.3 Å². The van der Waals surface area contributed by atoms with Crippen LogP contribution in [0.1, 0.15) is 57.4 Å². The SMILES string of the molecule is O=C1CCC(N2Cc3c(OCc4ccc(CN5CCc6ccc(F)cc6C5)cc4)cccc3C2=O)C(=O)C1. The Kier molecular flexibility index (Phi) is 6.54. The van der Waals surface area contributed by atoms with Crippen molar-refractivity contribution in [3.8, 4) is 5.75 Å². The molecule has 1 fully saturated rings. The van der Waals surface area contributed by atoms with Gasteiger partial charge in [0.1, 0.15) is 24.0 Å². The van der Waals surface area contributed by atoms with Gasteiger partial charge in [0.05, 0.1) is 19.0 Å². The lowest BCUT2D eigenvalue weighted by Crippen LogP contribution is -2.44. The standard InChI is InChI=1S/C31H29FN2O4/c32-24-9-8-22-12-13-33(17-23(22)14-24)16-20-4-6-21(7-5-20)19-38-30-3-1-2-26-27(30)18-34(31(26)37)28-11-10-25(35)15-29(28)36/h1-9,14,28H,10-13,15-19H2. The van der Waals surface area contributed by atoms with Crippen LogP contribution in [0.15, 0.2) is 60.7 Å². The summed E-state index contributed by atoms with van der Waals surface area (Å²) in [6.07, 6.45) is 1.56. The molecule has 0 aromatic heterocycles. The van der Waals surface area contributed by atoms with Crippen molar-refractivity contribution in [2.75, 3.05) is 6.54 Å². The summed E-state index contributed by atoms with van der Waals surface area (Å²) in [6, 6.07) is 18.2. The normalized spacial score (nSPS) is 19.4. The van der Waals surface area contributed by atoms with Crippen molar-refractivity contribution in [3.63, 3.8) is 0 Å². The summed E-state index contributed by atoms with van der Waals surface area (Å²) in [4.78, 5) is 41.0. The van der Waals surface area contributed by atoms with E-state index in [9.17, 15) is 18.8 Å². The first kappa shape index (κ1) is 24.5. The molecule has 1 unspecified atom stereocenters. The minimum absolute atomic E-state index is 0.0536. The third-order valence-corrected chi connectivity index (χ3v) is 7.85. The zero-order valence-electron chi connectivity index (χ0n) is 21.1. The van der Waals surface area contributed by atoms with E-state index in [0.29, 0.717) is 37.3 Å². The third kappa shape index (κ3) is 4.86. The number of fused-ring (bicyclic) bond motifs is 2. The summed E-state index contributed by atoms with van der Waals surface area (Å²) >= 11 is 0. The van der Waals surface area contributed by atoms with Crippen LogP contribution in [-0.4, -0.2) is 39.9 Å². The maximum Gasteiger partial charge on any atom is 0.255 e. The quantitative estimate of drug-likeness (QED) is 0.452. The number of carbonyl (C=O) groups is 3. The van der Waals surface area contributed by atoms with Crippen molar-refractivity contribution in [1.29, 1.82) is 0 Å². The lowest BCUT2D eigenvalue weighted by molar-refractivity contribution is -0.133. The van der Waals surface area contributed by atoms with Crippen LogP contribution in [0.2, 0.25) is 0 Å². The molecule has 7 heteroatoms. The summed E-state index contributed by atoms with van der Waals surface area (Å²) in [7, 11) is 0. The number of rotatable bonds is 6. The van der Waals surface area contributed by atoms with Gasteiger partial charge in [-0.15, -0.1) is 0 Å². The van der Waals surface area contributed by atoms with Crippen molar-refractivity contribution < 1.29 is 23.5 Å². The fourth-order valence-electron chi connectivity index (χ4n) is 5.78. The van der Waals surface area contributed by atoms with Gasteiger partial charge in [0.2, 0.25) is 0 Å². The topological polar surface area (TPSA) is 66.9 Å². The summed E-state index contributed by atoms with van der Waals surface area (Å²) < 4.78 is 19.8. The highest BCUT2D eigenvalue weighted by Gasteiger charge is 2.40. The highest BCUT2D eigenvalue weighted by molar-refractivity contribution is 6.07. The van der Waals surface area contributed by atoms with E-state index < -0.39 is 6.04 Å². The van der Waals surface area contributed by atoms with Crippen molar-refractivity contribution in [3.05, 3.63) is 99.9 Å². The number of nitrogens with zero attached hydrogens (tertiary/aromatic N) is 2. The molecule has 2 heterocycles. The van der Waals surface area contributed by atoms with Gasteiger partial charge in [-0.25, -0.2) is 4.39 Å². The molecule has 1 amide bonds. The van der Waals surface area contributed by atoms with Gasteiger partial charge in [-0.2, -0.15) is 0 Å². The molecule has 3 aromatic rings. The predicted octanol–water partition coefficient (Wildman–Crippen LogP) is 4.61. The van der Waals surface area contributed by atoms with Crippen molar-refractivity contribution in [1.82, 2.24) is 9.80 Å². The number of Topliss-reactive ketones (excluding diaryl/α,β-unsaturated/α-hetero) is 2. The number of amides is 1. The molecule has 1 aliphatic carbocycles. The predicted molar refractivity (Wildman–Crippen MR) is 139 cm³/mol. The lowest BCUT2D eigenvalue weighted by atomic mass is 9.92. The number of benzene rings is 3. The van der Waals surface area contributed by atoms with Crippen LogP contribution in [0.3, 0.4) is 0 Å². The molecule has 0 radical (unpaired) electrons. The van der Waals surface area contributed by atoms with Gasteiger partial charge in [0, 0.05) is 37.2 Å². The van der Waals surface area contributed by atoms with Crippen LogP contribution in [0, 0.1) is 5.82 Å². The first-order valence-corrected chi connectivity index (χ1v) is 13.1. The molecule has 2 aliphatic heterocycles. The number of hydrogen-bond acceptors (Lipinski definition) is 5. The average molecular weight is 513 g/mol. The van der Waals surface area contributed by atoms with Gasteiger partial charge in [0.25, 0.3) is 5.91 Å². The molecule has 6 rings (SSSR count). The minimum atomic E-state index is -0.541. The van der Waals surface area contributed by atoms with Gasteiger partial charge in [-0.05, 0) is 59.4 Å². The molecule has 6 nitrogen and oxygen atoms in total. The molecule has 0 bridgehead atoms. The fraction of sp³-hybridized carbons (Fsp3) is 0.323. The third-order valence-electron chi connectivity index (χ3n) is 7.85. The molecule has 0 N–H and O–H groups in total. The fourth-order valence-corrected chi connectivity index (χ4v) is 5.78. The van der Waals surface area contributed by atoms with Crippen molar-refractivity contribution >= 4 is 17.5 Å². The molecule has 3 aliphatic rings. The zero-order chi connectivity index (χ0) is 26.2. The first-order valence-electron chi connectivity index (χ1n) is 13.1. The molecule has 1 saturated carbocycles. The van der Waals surface area contributed by atoms with Gasteiger partial charge < -0.3 is 9.64 Å². The Morgan fingerprint density at radius 3 is 2.53 bits per heavy atom. The lowest BCUT2D eigenvalue weighted by Gasteiger charge is -2.29. The van der Waals surface area contributed by atoms with Crippen LogP contribution < -0.4 is 4.74 Å². The number of ketones is 2. The van der Waals surface area contributed by atoms with E-state index in [-0.39, 0.29) is 29.7 Å². The number of halogens is 1. The highest BCUT2D eigenvalue weighted by atomic mass is 19.1. The summed E-state index contributed by atoms with van der Waals surface area (Å²) in [5.74, 6) is 0.0505. The Bertz CT molecular complexity index is 1420. The van der Waals surface area contributed by atoms with E-state index in [4.69, 9.17) is 4.74 Å². The maximum atomic E-state index is 13.6. The molecular formula is C31H29FN2O4.